The van der Waals surface area contributed by atoms with Crippen LogP contribution in [-0.2, 0) is 17.6 Å². The fourth-order valence-corrected chi connectivity index (χ4v) is 4.00. The molecule has 2 aromatic rings. The Hall–Kier alpha value is -2.78. The lowest BCUT2D eigenvalue weighted by atomic mass is 9.87. The molecule has 0 heterocycles. The summed E-state index contributed by atoms with van der Waals surface area (Å²) in [6, 6.07) is 19.5. The molecule has 0 aromatic heterocycles. The van der Waals surface area contributed by atoms with E-state index in [1.54, 1.807) is 0 Å². The van der Waals surface area contributed by atoms with E-state index in [-0.39, 0.29) is 23.9 Å². The van der Waals surface area contributed by atoms with E-state index < -0.39 is 0 Å². The Balaban J connectivity index is 1.79. The summed E-state index contributed by atoms with van der Waals surface area (Å²) >= 11 is 0. The Labute approximate surface area is 166 Å². The second kappa shape index (κ2) is 10.5. The van der Waals surface area contributed by atoms with Gasteiger partial charge in [-0.2, -0.15) is 0 Å². The van der Waals surface area contributed by atoms with Gasteiger partial charge in [-0.25, -0.2) is 0 Å². The van der Waals surface area contributed by atoms with E-state index in [0.29, 0.717) is 12.8 Å². The minimum absolute atomic E-state index is 0.0791. The Kier molecular flexibility index (Phi) is 7.51. The first-order chi connectivity index (χ1) is 13.8. The van der Waals surface area contributed by atoms with E-state index in [0.717, 1.165) is 36.8 Å². The van der Waals surface area contributed by atoms with Gasteiger partial charge < -0.3 is 5.32 Å². The SMILES string of the molecule is [N-]=[N+]=N[C@@H](Cc1ccccc1)[C@H](Cc1ccccc1)NC(=O)C1CCCCC1. The predicted molar refractivity (Wildman–Crippen MR) is 112 cm³/mol. The highest BCUT2D eigenvalue weighted by Gasteiger charge is 2.27. The average Bonchev–Trinajstić information content (AvgIpc) is 2.75. The molecule has 2 atom stereocenters. The first kappa shape index (κ1) is 20.0. The third-order valence-electron chi connectivity index (χ3n) is 5.55. The summed E-state index contributed by atoms with van der Waals surface area (Å²) in [5, 5.41) is 7.32. The van der Waals surface area contributed by atoms with Gasteiger partial charge >= 0.3 is 0 Å². The second-order valence-corrected chi connectivity index (χ2v) is 7.60. The van der Waals surface area contributed by atoms with E-state index in [9.17, 15) is 4.79 Å². The highest BCUT2D eigenvalue weighted by molar-refractivity contribution is 5.79. The third-order valence-corrected chi connectivity index (χ3v) is 5.55. The molecule has 0 spiro atoms. The fraction of sp³-hybridized carbons (Fsp3) is 0.435. The molecule has 0 saturated heterocycles. The van der Waals surface area contributed by atoms with Crippen LogP contribution in [0, 0.1) is 5.92 Å². The highest BCUT2D eigenvalue weighted by atomic mass is 16.1. The lowest BCUT2D eigenvalue weighted by Gasteiger charge is -2.28. The molecule has 5 nitrogen and oxygen atoms in total. The third kappa shape index (κ3) is 5.86. The molecule has 28 heavy (non-hydrogen) atoms. The summed E-state index contributed by atoms with van der Waals surface area (Å²) in [5.41, 5.74) is 11.4. The van der Waals surface area contributed by atoms with Gasteiger partial charge in [-0.1, -0.05) is 85.0 Å². The van der Waals surface area contributed by atoms with Crippen molar-refractivity contribution in [2.45, 2.75) is 57.0 Å². The van der Waals surface area contributed by atoms with Gasteiger partial charge in [0.05, 0.1) is 6.04 Å². The second-order valence-electron chi connectivity index (χ2n) is 7.60. The highest BCUT2D eigenvalue weighted by Crippen LogP contribution is 2.24. The fourth-order valence-electron chi connectivity index (χ4n) is 4.00. The maximum atomic E-state index is 12.9. The van der Waals surface area contributed by atoms with Crippen molar-refractivity contribution in [3.05, 3.63) is 82.2 Å². The Morgan fingerprint density at radius 3 is 2.11 bits per heavy atom. The Morgan fingerprint density at radius 2 is 1.54 bits per heavy atom. The maximum absolute atomic E-state index is 12.9. The van der Waals surface area contributed by atoms with Crippen molar-refractivity contribution in [2.24, 2.45) is 11.0 Å². The molecular formula is C23H28N4O. The summed E-state index contributed by atoms with van der Waals surface area (Å²) in [7, 11) is 0. The van der Waals surface area contributed by atoms with Crippen LogP contribution in [0.15, 0.2) is 65.8 Å². The van der Waals surface area contributed by atoms with Gasteiger partial charge in [-0.05, 0) is 42.3 Å². The number of hydrogen-bond acceptors (Lipinski definition) is 2. The maximum Gasteiger partial charge on any atom is 0.223 e. The molecule has 0 unspecified atom stereocenters. The number of rotatable bonds is 8. The normalized spacial score (nSPS) is 16.6. The first-order valence-corrected chi connectivity index (χ1v) is 10.2. The van der Waals surface area contributed by atoms with Crippen molar-refractivity contribution in [3.63, 3.8) is 0 Å². The van der Waals surface area contributed by atoms with Crippen LogP contribution < -0.4 is 5.32 Å². The number of nitrogens with zero attached hydrogens (tertiary/aromatic N) is 3. The number of carbonyl (C=O) groups is 1. The van der Waals surface area contributed by atoms with E-state index in [4.69, 9.17) is 5.53 Å². The van der Waals surface area contributed by atoms with Crippen molar-refractivity contribution < 1.29 is 4.79 Å². The summed E-state index contributed by atoms with van der Waals surface area (Å²) < 4.78 is 0. The molecule has 146 valence electrons. The molecule has 0 aliphatic heterocycles. The van der Waals surface area contributed by atoms with Gasteiger partial charge in [-0.3, -0.25) is 4.79 Å². The number of azide groups is 1. The minimum Gasteiger partial charge on any atom is -0.352 e. The topological polar surface area (TPSA) is 77.9 Å². The van der Waals surface area contributed by atoms with Crippen LogP contribution in [0.3, 0.4) is 0 Å². The molecule has 3 rings (SSSR count). The van der Waals surface area contributed by atoms with Gasteiger partial charge in [-0.15, -0.1) is 0 Å². The summed E-state index contributed by atoms with van der Waals surface area (Å²) in [6.45, 7) is 0. The van der Waals surface area contributed by atoms with Crippen LogP contribution in [0.2, 0.25) is 0 Å². The molecule has 1 saturated carbocycles. The van der Waals surface area contributed by atoms with Crippen molar-refractivity contribution in [2.75, 3.05) is 0 Å². The van der Waals surface area contributed by atoms with Crippen LogP contribution in [0.25, 0.3) is 10.4 Å². The Bertz CT molecular complexity index is 781. The average molecular weight is 377 g/mol. The zero-order valence-corrected chi connectivity index (χ0v) is 16.2. The molecule has 1 amide bonds. The monoisotopic (exact) mass is 376 g/mol. The van der Waals surface area contributed by atoms with Gasteiger partial charge in [0.25, 0.3) is 0 Å². The molecule has 1 aliphatic carbocycles. The number of benzene rings is 2. The van der Waals surface area contributed by atoms with E-state index >= 15 is 0 Å². The van der Waals surface area contributed by atoms with Crippen LogP contribution in [0.5, 0.6) is 0 Å². The predicted octanol–water partition coefficient (Wildman–Crippen LogP) is 5.22. The largest absolute Gasteiger partial charge is 0.352 e. The standard InChI is InChI=1S/C23H28N4O/c24-27-26-22(17-19-12-6-2-7-13-19)21(16-18-10-4-1-5-11-18)25-23(28)20-14-8-3-9-15-20/h1-2,4-7,10-13,20-22H,3,8-9,14-17H2,(H,25,28)/t21-,22-/m0/s1. The van der Waals surface area contributed by atoms with E-state index in [1.807, 2.05) is 48.5 Å². The van der Waals surface area contributed by atoms with E-state index in [2.05, 4.69) is 27.5 Å². The lowest BCUT2D eigenvalue weighted by molar-refractivity contribution is -0.126. The van der Waals surface area contributed by atoms with Crippen molar-refractivity contribution in [3.8, 4) is 0 Å². The van der Waals surface area contributed by atoms with Crippen molar-refractivity contribution in [1.29, 1.82) is 0 Å². The van der Waals surface area contributed by atoms with Crippen molar-refractivity contribution in [1.82, 2.24) is 5.32 Å². The first-order valence-electron chi connectivity index (χ1n) is 10.2. The number of amides is 1. The summed E-state index contributed by atoms with van der Waals surface area (Å²) in [4.78, 5) is 16.0. The molecule has 1 N–H and O–H groups in total. The van der Waals surface area contributed by atoms with E-state index in [1.165, 1.54) is 6.42 Å². The molecule has 2 aromatic carbocycles. The molecule has 0 bridgehead atoms. The molecular weight excluding hydrogens is 348 g/mol. The van der Waals surface area contributed by atoms with Crippen LogP contribution in [-0.4, -0.2) is 18.0 Å². The Morgan fingerprint density at radius 1 is 0.964 bits per heavy atom. The zero-order valence-electron chi connectivity index (χ0n) is 16.2. The van der Waals surface area contributed by atoms with Gasteiger partial charge in [0.15, 0.2) is 0 Å². The molecule has 0 radical (unpaired) electrons. The van der Waals surface area contributed by atoms with Crippen molar-refractivity contribution >= 4 is 5.91 Å². The zero-order chi connectivity index (χ0) is 19.6. The molecule has 1 aliphatic rings. The van der Waals surface area contributed by atoms with Crippen LogP contribution >= 0.6 is 0 Å². The number of nitrogens with one attached hydrogen (secondary N) is 1. The minimum atomic E-state index is -0.333. The van der Waals surface area contributed by atoms with Crippen LogP contribution in [0.1, 0.15) is 43.2 Å². The van der Waals surface area contributed by atoms with Crippen LogP contribution in [0.4, 0.5) is 0 Å². The molecule has 5 heteroatoms. The quantitative estimate of drug-likeness (QED) is 0.383. The lowest BCUT2D eigenvalue weighted by Crippen LogP contribution is -2.47. The summed E-state index contributed by atoms with van der Waals surface area (Å²) in [5.74, 6) is 0.183. The smallest absolute Gasteiger partial charge is 0.223 e. The van der Waals surface area contributed by atoms with Gasteiger partial charge in [0.2, 0.25) is 5.91 Å². The van der Waals surface area contributed by atoms with Gasteiger partial charge in [0, 0.05) is 16.9 Å². The number of hydrogen-bond donors (Lipinski definition) is 1. The number of carbonyl (C=O) groups excluding carboxylic acids is 1. The molecule has 1 fully saturated rings. The summed E-state index contributed by atoms with van der Waals surface area (Å²) in [6.07, 6.45) is 6.61. The van der Waals surface area contributed by atoms with Gasteiger partial charge in [0.1, 0.15) is 0 Å².